The Labute approximate surface area is 80.9 Å². The van der Waals surface area contributed by atoms with Crippen LogP contribution in [-0.2, 0) is 0 Å². The molecule has 0 unspecified atom stereocenters. The van der Waals surface area contributed by atoms with Crippen LogP contribution in [0.5, 0.6) is 0 Å². The zero-order valence-electron chi connectivity index (χ0n) is 8.80. The molecule has 0 atom stereocenters. The van der Waals surface area contributed by atoms with Crippen molar-refractivity contribution in [3.63, 3.8) is 0 Å². The SMILES string of the molecule is C#CC1(O)CCN(C(C)(C)C)CC1. The van der Waals surface area contributed by atoms with Crippen LogP contribution in [0.25, 0.3) is 0 Å². The van der Waals surface area contributed by atoms with Crippen molar-refractivity contribution >= 4 is 0 Å². The quantitative estimate of drug-likeness (QED) is 0.568. The van der Waals surface area contributed by atoms with Gasteiger partial charge >= 0.3 is 0 Å². The van der Waals surface area contributed by atoms with E-state index in [2.05, 4.69) is 31.6 Å². The van der Waals surface area contributed by atoms with Gasteiger partial charge in [-0.05, 0) is 20.8 Å². The number of terminal acetylenes is 1. The van der Waals surface area contributed by atoms with Crippen molar-refractivity contribution in [3.8, 4) is 12.3 Å². The van der Waals surface area contributed by atoms with Crippen molar-refractivity contribution < 1.29 is 5.11 Å². The molecule has 0 aromatic carbocycles. The minimum atomic E-state index is -0.845. The van der Waals surface area contributed by atoms with Gasteiger partial charge < -0.3 is 5.11 Å². The molecule has 1 aliphatic heterocycles. The van der Waals surface area contributed by atoms with Crippen LogP contribution < -0.4 is 0 Å². The summed E-state index contributed by atoms with van der Waals surface area (Å²) in [5.74, 6) is 2.48. The third-order valence-electron chi connectivity index (χ3n) is 2.81. The van der Waals surface area contributed by atoms with Crippen LogP contribution in [-0.4, -0.2) is 34.2 Å². The van der Waals surface area contributed by atoms with Gasteiger partial charge in [-0.15, -0.1) is 6.42 Å². The van der Waals surface area contributed by atoms with E-state index in [0.717, 1.165) is 13.1 Å². The first-order valence-corrected chi connectivity index (χ1v) is 4.83. The van der Waals surface area contributed by atoms with Crippen LogP contribution in [0.15, 0.2) is 0 Å². The largest absolute Gasteiger partial charge is 0.378 e. The Balaban J connectivity index is 2.54. The van der Waals surface area contributed by atoms with E-state index in [-0.39, 0.29) is 5.54 Å². The topological polar surface area (TPSA) is 23.5 Å². The highest BCUT2D eigenvalue weighted by molar-refractivity contribution is 5.09. The molecule has 0 saturated carbocycles. The fraction of sp³-hybridized carbons (Fsp3) is 0.818. The van der Waals surface area contributed by atoms with E-state index in [1.807, 2.05) is 0 Å². The number of piperidine rings is 1. The molecule has 0 radical (unpaired) electrons. The van der Waals surface area contributed by atoms with E-state index >= 15 is 0 Å². The zero-order valence-corrected chi connectivity index (χ0v) is 8.80. The first kappa shape index (κ1) is 10.6. The molecule has 74 valence electrons. The summed E-state index contributed by atoms with van der Waals surface area (Å²) >= 11 is 0. The van der Waals surface area contributed by atoms with Gasteiger partial charge in [0, 0.05) is 31.5 Å². The molecule has 0 aromatic heterocycles. The van der Waals surface area contributed by atoms with Crippen LogP contribution in [0.1, 0.15) is 33.6 Å². The van der Waals surface area contributed by atoms with Gasteiger partial charge in [-0.25, -0.2) is 0 Å². The van der Waals surface area contributed by atoms with Crippen LogP contribution in [0.4, 0.5) is 0 Å². The smallest absolute Gasteiger partial charge is 0.127 e. The summed E-state index contributed by atoms with van der Waals surface area (Å²) in [5.41, 5.74) is -0.655. The van der Waals surface area contributed by atoms with Gasteiger partial charge in [0.2, 0.25) is 0 Å². The molecule has 0 bridgehead atoms. The number of nitrogens with zero attached hydrogens (tertiary/aromatic N) is 1. The Bertz CT molecular complexity index is 213. The molecule has 13 heavy (non-hydrogen) atoms. The second kappa shape index (κ2) is 3.32. The van der Waals surface area contributed by atoms with E-state index < -0.39 is 5.60 Å². The van der Waals surface area contributed by atoms with Crippen molar-refractivity contribution in [1.82, 2.24) is 4.90 Å². The molecule has 0 aromatic rings. The fourth-order valence-electron chi connectivity index (χ4n) is 1.69. The maximum Gasteiger partial charge on any atom is 0.127 e. The van der Waals surface area contributed by atoms with E-state index in [9.17, 15) is 5.11 Å². The van der Waals surface area contributed by atoms with Gasteiger partial charge in [-0.2, -0.15) is 0 Å². The van der Waals surface area contributed by atoms with Gasteiger partial charge in [0.1, 0.15) is 5.60 Å². The summed E-state index contributed by atoms with van der Waals surface area (Å²) < 4.78 is 0. The average molecular weight is 181 g/mol. The summed E-state index contributed by atoms with van der Waals surface area (Å²) in [6, 6.07) is 0. The predicted molar refractivity (Wildman–Crippen MR) is 54.3 cm³/mol. The summed E-state index contributed by atoms with van der Waals surface area (Å²) in [6.45, 7) is 8.35. The van der Waals surface area contributed by atoms with Crippen molar-refractivity contribution in [3.05, 3.63) is 0 Å². The molecule has 0 aliphatic carbocycles. The number of hydrogen-bond acceptors (Lipinski definition) is 2. The van der Waals surface area contributed by atoms with E-state index in [0.29, 0.717) is 12.8 Å². The van der Waals surface area contributed by atoms with E-state index in [1.54, 1.807) is 0 Å². The molecule has 2 heteroatoms. The Morgan fingerprint density at radius 3 is 2.08 bits per heavy atom. The normalized spacial score (nSPS) is 23.9. The molecular formula is C11H19NO. The fourth-order valence-corrected chi connectivity index (χ4v) is 1.69. The molecule has 0 spiro atoms. The summed E-state index contributed by atoms with van der Waals surface area (Å²) in [6.07, 6.45) is 6.66. The van der Waals surface area contributed by atoms with Gasteiger partial charge in [0.25, 0.3) is 0 Å². The van der Waals surface area contributed by atoms with Gasteiger partial charge in [0.05, 0.1) is 0 Å². The number of likely N-dealkylation sites (tertiary alicyclic amines) is 1. The zero-order chi connectivity index (χ0) is 10.1. The van der Waals surface area contributed by atoms with Crippen LogP contribution in [0, 0.1) is 12.3 Å². The lowest BCUT2D eigenvalue weighted by atomic mass is 9.90. The molecular weight excluding hydrogens is 162 g/mol. The third-order valence-corrected chi connectivity index (χ3v) is 2.81. The number of rotatable bonds is 0. The molecule has 1 saturated heterocycles. The molecule has 1 fully saturated rings. The maximum atomic E-state index is 9.80. The molecule has 1 rings (SSSR count). The first-order valence-electron chi connectivity index (χ1n) is 4.83. The van der Waals surface area contributed by atoms with Gasteiger partial charge in [0.15, 0.2) is 0 Å². The summed E-state index contributed by atoms with van der Waals surface area (Å²) in [4.78, 5) is 2.36. The third kappa shape index (κ3) is 2.46. The highest BCUT2D eigenvalue weighted by Gasteiger charge is 2.33. The lowest BCUT2D eigenvalue weighted by Gasteiger charge is -2.42. The van der Waals surface area contributed by atoms with Crippen LogP contribution >= 0.6 is 0 Å². The molecule has 1 heterocycles. The Morgan fingerprint density at radius 2 is 1.77 bits per heavy atom. The average Bonchev–Trinajstić information content (AvgIpc) is 2.04. The maximum absolute atomic E-state index is 9.80. The summed E-state index contributed by atoms with van der Waals surface area (Å²) in [5, 5.41) is 9.80. The monoisotopic (exact) mass is 181 g/mol. The Kier molecular flexibility index (Phi) is 2.70. The summed E-state index contributed by atoms with van der Waals surface area (Å²) in [7, 11) is 0. The second-order valence-electron chi connectivity index (χ2n) is 4.83. The Hall–Kier alpha value is -0.520. The van der Waals surface area contributed by atoms with Gasteiger partial charge in [-0.3, -0.25) is 4.90 Å². The molecule has 1 N–H and O–H groups in total. The van der Waals surface area contributed by atoms with Crippen molar-refractivity contribution in [2.75, 3.05) is 13.1 Å². The van der Waals surface area contributed by atoms with Crippen LogP contribution in [0.3, 0.4) is 0 Å². The highest BCUT2D eigenvalue weighted by Crippen LogP contribution is 2.25. The highest BCUT2D eigenvalue weighted by atomic mass is 16.3. The van der Waals surface area contributed by atoms with E-state index in [4.69, 9.17) is 6.42 Å². The minimum Gasteiger partial charge on any atom is -0.378 e. The van der Waals surface area contributed by atoms with Crippen molar-refractivity contribution in [1.29, 1.82) is 0 Å². The molecule has 0 amide bonds. The number of aliphatic hydroxyl groups is 1. The second-order valence-corrected chi connectivity index (χ2v) is 4.83. The number of hydrogen-bond donors (Lipinski definition) is 1. The Morgan fingerprint density at radius 1 is 1.31 bits per heavy atom. The molecule has 1 aliphatic rings. The van der Waals surface area contributed by atoms with Gasteiger partial charge in [-0.1, -0.05) is 5.92 Å². The lowest BCUT2D eigenvalue weighted by Crippen LogP contribution is -2.50. The lowest BCUT2D eigenvalue weighted by molar-refractivity contribution is -0.00253. The van der Waals surface area contributed by atoms with Crippen molar-refractivity contribution in [2.45, 2.75) is 44.8 Å². The van der Waals surface area contributed by atoms with E-state index in [1.165, 1.54) is 0 Å². The van der Waals surface area contributed by atoms with Crippen LogP contribution in [0.2, 0.25) is 0 Å². The standard InChI is InChI=1S/C11H19NO/c1-5-11(13)6-8-12(9-7-11)10(2,3)4/h1,13H,6-9H2,2-4H3. The minimum absolute atomic E-state index is 0.190. The van der Waals surface area contributed by atoms with Crippen molar-refractivity contribution in [2.24, 2.45) is 0 Å². The first-order chi connectivity index (χ1) is 5.87. The molecule has 2 nitrogen and oxygen atoms in total. The predicted octanol–water partition coefficient (Wildman–Crippen LogP) is 1.24.